The number of ether oxygens (including phenoxy) is 1. The smallest absolute Gasteiger partial charge is 0.325 e. The van der Waals surface area contributed by atoms with Gasteiger partial charge in [0.1, 0.15) is 5.52 Å². The average molecular weight is 453 g/mol. The van der Waals surface area contributed by atoms with E-state index in [-0.39, 0.29) is 11.7 Å². The summed E-state index contributed by atoms with van der Waals surface area (Å²) in [5, 5.41) is 3.88. The second-order valence-electron chi connectivity index (χ2n) is 9.01. The third-order valence-corrected chi connectivity index (χ3v) is 6.82. The van der Waals surface area contributed by atoms with Crippen LogP contribution in [0.25, 0.3) is 22.1 Å². The van der Waals surface area contributed by atoms with Crippen LogP contribution in [0, 0.1) is 0 Å². The van der Waals surface area contributed by atoms with E-state index in [1.54, 1.807) is 0 Å². The van der Waals surface area contributed by atoms with Gasteiger partial charge in [0.2, 0.25) is 0 Å². The largest absolute Gasteiger partial charge is 0.490 e. The molecule has 0 saturated carbocycles. The number of benzene rings is 1. The lowest BCUT2D eigenvalue weighted by Crippen LogP contribution is -2.50. The molecule has 0 spiro atoms. The molecule has 0 aliphatic carbocycles. The molecule has 176 valence electrons. The molecule has 9 nitrogen and oxygen atoms in total. The maximum atomic E-state index is 12.6. The minimum Gasteiger partial charge on any atom is -0.490 e. The number of rotatable bonds is 6. The quantitative estimate of drug-likeness (QED) is 0.499. The summed E-state index contributed by atoms with van der Waals surface area (Å²) in [5.74, 6) is 0.611. The molecule has 2 aliphatic rings. The minimum atomic E-state index is -0.311. The van der Waals surface area contributed by atoms with Crippen LogP contribution in [0.1, 0.15) is 38.5 Å². The first-order valence-electron chi connectivity index (χ1n) is 12.1. The van der Waals surface area contributed by atoms with Gasteiger partial charge in [0.25, 0.3) is 0 Å². The SMILES string of the molecule is O=C(NCCCOc1c2ccccc2nc2[nH]c(=O)[nH]c12)N1CCC(N2CCCCC2)CC1. The average Bonchev–Trinajstić information content (AvgIpc) is 3.23. The molecule has 2 saturated heterocycles. The fourth-order valence-corrected chi connectivity index (χ4v) is 5.06. The Hall–Kier alpha value is -3.07. The maximum absolute atomic E-state index is 12.6. The lowest BCUT2D eigenvalue weighted by molar-refractivity contribution is 0.101. The molecular weight excluding hydrogens is 420 g/mol. The first-order valence-corrected chi connectivity index (χ1v) is 12.1. The van der Waals surface area contributed by atoms with Gasteiger partial charge in [-0.05, 0) is 57.3 Å². The van der Waals surface area contributed by atoms with E-state index in [0.29, 0.717) is 42.5 Å². The van der Waals surface area contributed by atoms with Crippen LogP contribution in [0.4, 0.5) is 4.79 Å². The number of likely N-dealkylation sites (tertiary alicyclic amines) is 2. The van der Waals surface area contributed by atoms with Crippen LogP contribution in [-0.4, -0.2) is 76.2 Å². The Morgan fingerprint density at radius 2 is 1.88 bits per heavy atom. The van der Waals surface area contributed by atoms with E-state index >= 15 is 0 Å². The predicted molar refractivity (Wildman–Crippen MR) is 128 cm³/mol. The van der Waals surface area contributed by atoms with Crippen molar-refractivity contribution < 1.29 is 9.53 Å². The van der Waals surface area contributed by atoms with Gasteiger partial charge in [0.05, 0.1) is 12.1 Å². The van der Waals surface area contributed by atoms with Gasteiger partial charge in [-0.1, -0.05) is 18.6 Å². The molecule has 3 N–H and O–H groups in total. The number of urea groups is 1. The van der Waals surface area contributed by atoms with Crippen molar-refractivity contribution >= 4 is 28.1 Å². The number of nitrogens with one attached hydrogen (secondary N) is 3. The van der Waals surface area contributed by atoms with E-state index in [0.717, 1.165) is 36.8 Å². The number of imidazole rings is 1. The molecule has 3 aromatic rings. The van der Waals surface area contributed by atoms with Gasteiger partial charge in [0.15, 0.2) is 11.4 Å². The molecule has 5 rings (SSSR count). The molecule has 1 aromatic carbocycles. The van der Waals surface area contributed by atoms with Gasteiger partial charge in [0, 0.05) is 31.1 Å². The number of aromatic amines is 2. The van der Waals surface area contributed by atoms with Crippen LogP contribution in [0.2, 0.25) is 0 Å². The number of piperidine rings is 2. The van der Waals surface area contributed by atoms with Gasteiger partial charge in [-0.25, -0.2) is 14.6 Å². The Labute approximate surface area is 192 Å². The second-order valence-corrected chi connectivity index (χ2v) is 9.01. The van der Waals surface area contributed by atoms with E-state index in [9.17, 15) is 9.59 Å². The highest BCUT2D eigenvalue weighted by Gasteiger charge is 2.27. The van der Waals surface area contributed by atoms with E-state index < -0.39 is 0 Å². The number of aromatic nitrogens is 3. The van der Waals surface area contributed by atoms with Crippen molar-refractivity contribution in [2.45, 2.75) is 44.6 Å². The van der Waals surface area contributed by atoms with Crippen molar-refractivity contribution in [3.8, 4) is 5.75 Å². The van der Waals surface area contributed by atoms with Crippen molar-refractivity contribution in [1.82, 2.24) is 30.1 Å². The zero-order chi connectivity index (χ0) is 22.6. The summed E-state index contributed by atoms with van der Waals surface area (Å²) < 4.78 is 6.05. The molecule has 0 unspecified atom stereocenters. The Kier molecular flexibility index (Phi) is 6.48. The van der Waals surface area contributed by atoms with Crippen molar-refractivity contribution in [2.75, 3.05) is 39.3 Å². The van der Waals surface area contributed by atoms with Gasteiger partial charge < -0.3 is 24.8 Å². The third kappa shape index (κ3) is 4.83. The van der Waals surface area contributed by atoms with Crippen LogP contribution >= 0.6 is 0 Å². The summed E-state index contributed by atoms with van der Waals surface area (Å²) in [6.07, 6.45) is 6.77. The minimum absolute atomic E-state index is 0.0128. The van der Waals surface area contributed by atoms with Crippen molar-refractivity contribution in [1.29, 1.82) is 0 Å². The monoisotopic (exact) mass is 452 g/mol. The summed E-state index contributed by atoms with van der Waals surface area (Å²) in [4.78, 5) is 38.9. The van der Waals surface area contributed by atoms with Gasteiger partial charge in [-0.2, -0.15) is 0 Å². The Morgan fingerprint density at radius 3 is 2.70 bits per heavy atom. The number of carbonyl (C=O) groups is 1. The van der Waals surface area contributed by atoms with Crippen LogP contribution in [-0.2, 0) is 0 Å². The lowest BCUT2D eigenvalue weighted by atomic mass is 10.0. The number of hydrogen-bond acceptors (Lipinski definition) is 5. The number of carbonyl (C=O) groups excluding carboxylic acids is 1. The topological polar surface area (TPSA) is 106 Å². The maximum Gasteiger partial charge on any atom is 0.325 e. The van der Waals surface area contributed by atoms with Crippen LogP contribution in [0.5, 0.6) is 5.75 Å². The highest BCUT2D eigenvalue weighted by molar-refractivity contribution is 5.97. The summed E-state index contributed by atoms with van der Waals surface area (Å²) in [7, 11) is 0. The summed E-state index contributed by atoms with van der Waals surface area (Å²) in [6.45, 7) is 5.05. The number of H-pyrrole nitrogens is 2. The van der Waals surface area contributed by atoms with E-state index in [2.05, 4.69) is 25.2 Å². The Bertz CT molecular complexity index is 1160. The predicted octanol–water partition coefficient (Wildman–Crippen LogP) is 2.83. The van der Waals surface area contributed by atoms with E-state index in [1.807, 2.05) is 29.2 Å². The molecule has 33 heavy (non-hydrogen) atoms. The zero-order valence-corrected chi connectivity index (χ0v) is 18.9. The van der Waals surface area contributed by atoms with Crippen molar-refractivity contribution in [2.24, 2.45) is 0 Å². The highest BCUT2D eigenvalue weighted by Crippen LogP contribution is 2.30. The van der Waals surface area contributed by atoms with Gasteiger partial charge in [-0.3, -0.25) is 4.98 Å². The zero-order valence-electron chi connectivity index (χ0n) is 18.9. The molecular formula is C24H32N6O3. The Balaban J connectivity index is 1.10. The number of hydrogen-bond donors (Lipinski definition) is 3. The normalized spacial score (nSPS) is 18.1. The fraction of sp³-hybridized carbons (Fsp3) is 0.542. The third-order valence-electron chi connectivity index (χ3n) is 6.82. The van der Waals surface area contributed by atoms with Gasteiger partial charge in [-0.15, -0.1) is 0 Å². The molecule has 9 heteroatoms. The van der Waals surface area contributed by atoms with Crippen LogP contribution < -0.4 is 15.7 Å². The summed E-state index contributed by atoms with van der Waals surface area (Å²) in [5.41, 5.74) is 1.50. The fourth-order valence-electron chi connectivity index (χ4n) is 5.06. The molecule has 4 heterocycles. The molecule has 2 fully saturated rings. The number of fused-ring (bicyclic) bond motifs is 2. The number of pyridine rings is 1. The summed E-state index contributed by atoms with van der Waals surface area (Å²) >= 11 is 0. The molecule has 0 atom stereocenters. The molecule has 2 aliphatic heterocycles. The Morgan fingerprint density at radius 1 is 1.09 bits per heavy atom. The van der Waals surface area contributed by atoms with E-state index in [4.69, 9.17) is 4.74 Å². The second kappa shape index (κ2) is 9.82. The highest BCUT2D eigenvalue weighted by atomic mass is 16.5. The molecule has 2 aromatic heterocycles. The van der Waals surface area contributed by atoms with Gasteiger partial charge >= 0.3 is 11.7 Å². The first kappa shape index (κ1) is 21.8. The number of para-hydroxylation sites is 1. The van der Waals surface area contributed by atoms with E-state index in [1.165, 1.54) is 32.4 Å². The van der Waals surface area contributed by atoms with Crippen molar-refractivity contribution in [3.63, 3.8) is 0 Å². The van der Waals surface area contributed by atoms with Crippen LogP contribution in [0.15, 0.2) is 29.1 Å². The molecule has 0 bridgehead atoms. The first-order chi connectivity index (χ1) is 16.2. The van der Waals surface area contributed by atoms with Crippen molar-refractivity contribution in [3.05, 3.63) is 34.7 Å². The number of nitrogens with zero attached hydrogens (tertiary/aromatic N) is 3. The molecule has 0 radical (unpaired) electrons. The lowest BCUT2D eigenvalue weighted by Gasteiger charge is -2.40. The standard InChI is InChI=1S/C24H32N6O3/c31-23-27-20-21(18-7-2-3-8-19(18)26-22(20)28-23)33-16-6-11-25-24(32)30-14-9-17(10-15-30)29-12-4-1-5-13-29/h2-3,7-8,17H,1,4-6,9-16H2,(H,25,32)(H2,26,27,28,31). The summed E-state index contributed by atoms with van der Waals surface area (Å²) in [6, 6.07) is 8.29. The molecule has 2 amide bonds. The van der Waals surface area contributed by atoms with Crippen LogP contribution in [0.3, 0.4) is 0 Å². The number of amides is 2.